The molecule has 0 aromatic carbocycles. The van der Waals surface area contributed by atoms with Crippen LogP contribution in [0.1, 0.15) is 22.1 Å². The van der Waals surface area contributed by atoms with Crippen LogP contribution in [-0.4, -0.2) is 37.2 Å². The largest absolute Gasteiger partial charge is 0.351 e. The van der Waals surface area contributed by atoms with Gasteiger partial charge in [-0.2, -0.15) is 5.10 Å². The van der Waals surface area contributed by atoms with Gasteiger partial charge in [0.05, 0.1) is 11.9 Å². The van der Waals surface area contributed by atoms with E-state index >= 15 is 0 Å². The fraction of sp³-hybridized carbons (Fsp3) is 0.278. The van der Waals surface area contributed by atoms with Crippen molar-refractivity contribution in [3.8, 4) is 11.4 Å². The van der Waals surface area contributed by atoms with Gasteiger partial charge in [0, 0.05) is 29.9 Å². The molecule has 26 heavy (non-hydrogen) atoms. The van der Waals surface area contributed by atoms with Crippen molar-refractivity contribution in [2.24, 2.45) is 0 Å². The average molecular weight is 365 g/mol. The monoisotopic (exact) mass is 365 g/mol. The van der Waals surface area contributed by atoms with Gasteiger partial charge < -0.3 is 4.90 Å². The molecule has 0 fully saturated rings. The summed E-state index contributed by atoms with van der Waals surface area (Å²) in [5.41, 5.74) is 2.12. The van der Waals surface area contributed by atoms with E-state index in [9.17, 15) is 0 Å². The summed E-state index contributed by atoms with van der Waals surface area (Å²) in [6, 6.07) is 3.87. The molecule has 0 aliphatic heterocycles. The number of aryl methyl sites for hydroxylation is 3. The fourth-order valence-electron chi connectivity index (χ4n) is 2.88. The number of anilines is 1. The number of aromatic nitrogens is 6. The van der Waals surface area contributed by atoms with E-state index in [0.29, 0.717) is 12.4 Å². The van der Waals surface area contributed by atoms with Gasteiger partial charge in [-0.15, -0.1) is 11.3 Å². The van der Waals surface area contributed by atoms with Crippen LogP contribution in [0.3, 0.4) is 0 Å². The van der Waals surface area contributed by atoms with Crippen LogP contribution in [0, 0.1) is 20.8 Å². The van der Waals surface area contributed by atoms with Crippen molar-refractivity contribution in [2.45, 2.75) is 27.3 Å². The van der Waals surface area contributed by atoms with Gasteiger partial charge in [-0.3, -0.25) is 10.1 Å². The van der Waals surface area contributed by atoms with Gasteiger partial charge in [0.25, 0.3) is 0 Å². The molecule has 8 heteroatoms. The molecule has 0 atom stereocenters. The van der Waals surface area contributed by atoms with Crippen molar-refractivity contribution in [3.63, 3.8) is 0 Å². The zero-order valence-electron chi connectivity index (χ0n) is 15.1. The first kappa shape index (κ1) is 16.6. The maximum Gasteiger partial charge on any atom is 0.169 e. The highest BCUT2D eigenvalue weighted by Crippen LogP contribution is 2.36. The van der Waals surface area contributed by atoms with Gasteiger partial charge >= 0.3 is 0 Å². The number of rotatable bonds is 4. The van der Waals surface area contributed by atoms with Gasteiger partial charge in [0.1, 0.15) is 16.5 Å². The summed E-state index contributed by atoms with van der Waals surface area (Å²) < 4.78 is 0. The van der Waals surface area contributed by atoms with Crippen LogP contribution < -0.4 is 4.90 Å². The third kappa shape index (κ3) is 2.92. The van der Waals surface area contributed by atoms with Gasteiger partial charge in [-0.25, -0.2) is 15.0 Å². The second-order valence-corrected chi connectivity index (χ2v) is 7.47. The van der Waals surface area contributed by atoms with Crippen LogP contribution in [0.15, 0.2) is 24.5 Å². The summed E-state index contributed by atoms with van der Waals surface area (Å²) in [7, 11) is 2.01. The quantitative estimate of drug-likeness (QED) is 0.596. The Kier molecular flexibility index (Phi) is 4.12. The van der Waals surface area contributed by atoms with Gasteiger partial charge in [-0.1, -0.05) is 0 Å². The molecule has 7 nitrogen and oxygen atoms in total. The normalized spacial score (nSPS) is 11.2. The lowest BCUT2D eigenvalue weighted by atomic mass is 10.2. The summed E-state index contributed by atoms with van der Waals surface area (Å²) in [5.74, 6) is 3.11. The van der Waals surface area contributed by atoms with E-state index in [1.807, 2.05) is 26.1 Å². The molecular weight excluding hydrogens is 346 g/mol. The van der Waals surface area contributed by atoms with Crippen molar-refractivity contribution in [1.82, 2.24) is 30.1 Å². The topological polar surface area (TPSA) is 83.5 Å². The van der Waals surface area contributed by atoms with E-state index in [1.165, 1.54) is 10.4 Å². The maximum absolute atomic E-state index is 4.86. The van der Waals surface area contributed by atoms with E-state index in [0.717, 1.165) is 33.2 Å². The number of thiophene rings is 1. The first-order chi connectivity index (χ1) is 12.5. The van der Waals surface area contributed by atoms with E-state index < -0.39 is 0 Å². The minimum absolute atomic E-state index is 0.567. The van der Waals surface area contributed by atoms with Crippen molar-refractivity contribution >= 4 is 27.4 Å². The number of fused-ring (bicyclic) bond motifs is 1. The van der Waals surface area contributed by atoms with Crippen molar-refractivity contribution < 1.29 is 0 Å². The number of hydrogen-bond donors (Lipinski definition) is 1. The van der Waals surface area contributed by atoms with Crippen LogP contribution in [-0.2, 0) is 6.54 Å². The number of pyridine rings is 1. The number of nitrogens with zero attached hydrogens (tertiary/aromatic N) is 6. The Bertz CT molecular complexity index is 1070. The molecule has 0 bridgehead atoms. The lowest BCUT2D eigenvalue weighted by Gasteiger charge is -2.18. The molecule has 0 aliphatic carbocycles. The zero-order chi connectivity index (χ0) is 18.3. The predicted octanol–water partition coefficient (Wildman–Crippen LogP) is 3.43. The molecule has 1 N–H and O–H groups in total. The third-order valence-electron chi connectivity index (χ3n) is 4.31. The molecule has 0 saturated heterocycles. The molecule has 0 saturated carbocycles. The van der Waals surface area contributed by atoms with E-state index in [4.69, 9.17) is 9.97 Å². The molecule has 4 rings (SSSR count). The van der Waals surface area contributed by atoms with E-state index in [1.54, 1.807) is 23.7 Å². The van der Waals surface area contributed by atoms with Gasteiger partial charge in [0.15, 0.2) is 11.6 Å². The molecule has 4 heterocycles. The predicted molar refractivity (Wildman–Crippen MR) is 103 cm³/mol. The molecule has 0 amide bonds. The van der Waals surface area contributed by atoms with Crippen LogP contribution in [0.5, 0.6) is 0 Å². The van der Waals surface area contributed by atoms with Crippen molar-refractivity contribution in [2.75, 3.05) is 11.9 Å². The number of H-pyrrole nitrogens is 1. The first-order valence-corrected chi connectivity index (χ1v) is 9.11. The third-order valence-corrected chi connectivity index (χ3v) is 5.41. The molecule has 0 aliphatic rings. The summed E-state index contributed by atoms with van der Waals surface area (Å²) in [6.07, 6.45) is 3.54. The Labute approximate surface area is 155 Å². The lowest BCUT2D eigenvalue weighted by Crippen LogP contribution is -2.19. The molecular formula is C18H19N7S. The molecule has 4 aromatic rings. The van der Waals surface area contributed by atoms with Crippen molar-refractivity contribution in [3.05, 3.63) is 46.6 Å². The molecule has 0 spiro atoms. The Balaban J connectivity index is 1.85. The SMILES string of the molecule is Cc1nc(CN(C)c2nc(-c3cccnc3)nc3sc(C)c(C)c23)n[nH]1. The van der Waals surface area contributed by atoms with Gasteiger partial charge in [0.2, 0.25) is 0 Å². The highest BCUT2D eigenvalue weighted by molar-refractivity contribution is 7.18. The van der Waals surface area contributed by atoms with Crippen LogP contribution in [0.25, 0.3) is 21.6 Å². The fourth-order valence-corrected chi connectivity index (χ4v) is 3.90. The molecule has 4 aromatic heterocycles. The minimum Gasteiger partial charge on any atom is -0.351 e. The van der Waals surface area contributed by atoms with Crippen molar-refractivity contribution in [1.29, 1.82) is 0 Å². The second-order valence-electron chi connectivity index (χ2n) is 6.27. The standard InChI is InChI=1S/C18H19N7S/c1-10-11(2)26-18-15(10)17(25(4)9-14-20-12(3)23-24-14)21-16(22-18)13-6-5-7-19-8-13/h5-8H,9H2,1-4H3,(H,20,23,24). The Morgan fingerprint density at radius 1 is 1.15 bits per heavy atom. The van der Waals surface area contributed by atoms with Gasteiger partial charge in [-0.05, 0) is 38.5 Å². The highest BCUT2D eigenvalue weighted by Gasteiger charge is 2.19. The zero-order valence-corrected chi connectivity index (χ0v) is 15.9. The Morgan fingerprint density at radius 3 is 2.69 bits per heavy atom. The van der Waals surface area contributed by atoms with Crippen LogP contribution in [0.4, 0.5) is 5.82 Å². The lowest BCUT2D eigenvalue weighted by molar-refractivity contribution is 0.832. The maximum atomic E-state index is 4.86. The second kappa shape index (κ2) is 6.45. The Hall–Kier alpha value is -2.87. The first-order valence-electron chi connectivity index (χ1n) is 8.30. The summed E-state index contributed by atoms with van der Waals surface area (Å²) >= 11 is 1.69. The number of aromatic amines is 1. The molecule has 0 radical (unpaired) electrons. The summed E-state index contributed by atoms with van der Waals surface area (Å²) in [6.45, 7) is 6.70. The molecule has 132 valence electrons. The van der Waals surface area contributed by atoms with Crippen LogP contribution >= 0.6 is 11.3 Å². The van der Waals surface area contributed by atoms with E-state index in [2.05, 4.69) is 38.9 Å². The average Bonchev–Trinajstić information content (AvgIpc) is 3.18. The highest BCUT2D eigenvalue weighted by atomic mass is 32.1. The van der Waals surface area contributed by atoms with E-state index in [-0.39, 0.29) is 0 Å². The summed E-state index contributed by atoms with van der Waals surface area (Å²) in [5, 5.41) is 8.22. The Morgan fingerprint density at radius 2 is 2.00 bits per heavy atom. The minimum atomic E-state index is 0.567. The van der Waals surface area contributed by atoms with Crippen LogP contribution in [0.2, 0.25) is 0 Å². The smallest absolute Gasteiger partial charge is 0.169 e. The summed E-state index contributed by atoms with van der Waals surface area (Å²) in [4.78, 5) is 22.6. The number of nitrogens with one attached hydrogen (secondary N) is 1. The molecule has 0 unspecified atom stereocenters. The number of hydrogen-bond acceptors (Lipinski definition) is 7.